The van der Waals surface area contributed by atoms with Crippen LogP contribution in [0.1, 0.15) is 43.5 Å². The Morgan fingerprint density at radius 2 is 1.79 bits per heavy atom. The summed E-state index contributed by atoms with van der Waals surface area (Å²) in [5, 5.41) is 12.5. The zero-order valence-corrected chi connectivity index (χ0v) is 19.4. The van der Waals surface area contributed by atoms with E-state index in [1.807, 2.05) is 22.6 Å². The van der Waals surface area contributed by atoms with Crippen LogP contribution >= 0.6 is 11.8 Å². The van der Waals surface area contributed by atoms with Gasteiger partial charge >= 0.3 is 0 Å². The fourth-order valence-electron chi connectivity index (χ4n) is 3.55. The minimum Gasteiger partial charge on any atom is -0.326 e. The predicted octanol–water partition coefficient (Wildman–Crippen LogP) is 4.17. The maximum atomic E-state index is 13.0. The SMILES string of the molecule is CCCCn1c(=O)c2ccccc2n2c(SCC(=O)c3ccc(NC(=O)CC)cc3)nnc12. The van der Waals surface area contributed by atoms with Crippen molar-refractivity contribution in [2.24, 2.45) is 0 Å². The summed E-state index contributed by atoms with van der Waals surface area (Å²) in [7, 11) is 0. The second-order valence-corrected chi connectivity index (χ2v) is 8.58. The third kappa shape index (κ3) is 4.68. The van der Waals surface area contributed by atoms with Gasteiger partial charge in [-0.05, 0) is 42.8 Å². The molecule has 0 aliphatic heterocycles. The Hall–Kier alpha value is -3.46. The van der Waals surface area contributed by atoms with E-state index >= 15 is 0 Å². The van der Waals surface area contributed by atoms with Crippen molar-refractivity contribution in [1.29, 1.82) is 0 Å². The molecule has 8 nitrogen and oxygen atoms in total. The number of hydrogen-bond donors (Lipinski definition) is 1. The molecule has 0 spiro atoms. The topological polar surface area (TPSA) is 98.4 Å². The number of anilines is 1. The highest BCUT2D eigenvalue weighted by atomic mass is 32.2. The Morgan fingerprint density at radius 3 is 2.52 bits per heavy atom. The molecule has 0 saturated heterocycles. The Balaban J connectivity index is 1.60. The number of aromatic nitrogens is 4. The lowest BCUT2D eigenvalue weighted by Gasteiger charge is -2.10. The van der Waals surface area contributed by atoms with Gasteiger partial charge in [-0.25, -0.2) is 0 Å². The highest BCUT2D eigenvalue weighted by molar-refractivity contribution is 7.99. The van der Waals surface area contributed by atoms with Gasteiger partial charge in [0.2, 0.25) is 11.7 Å². The molecule has 0 unspecified atom stereocenters. The molecule has 4 aromatic rings. The summed E-state index contributed by atoms with van der Waals surface area (Å²) in [4.78, 5) is 37.3. The molecule has 0 aliphatic carbocycles. The van der Waals surface area contributed by atoms with Crippen LogP contribution in [0, 0.1) is 0 Å². The number of nitrogens with zero attached hydrogens (tertiary/aromatic N) is 4. The number of carbonyl (C=O) groups excluding carboxylic acids is 2. The number of para-hydroxylation sites is 1. The van der Waals surface area contributed by atoms with E-state index in [1.54, 1.807) is 41.8 Å². The molecule has 4 rings (SSSR count). The molecule has 1 N–H and O–H groups in total. The van der Waals surface area contributed by atoms with Gasteiger partial charge in [-0.15, -0.1) is 10.2 Å². The number of unbranched alkanes of at least 4 members (excludes halogenated alkanes) is 1. The minimum absolute atomic E-state index is 0.0614. The molecule has 0 atom stereocenters. The molecule has 0 aliphatic rings. The molecule has 1 amide bonds. The molecule has 170 valence electrons. The van der Waals surface area contributed by atoms with Gasteiger partial charge in [0, 0.05) is 24.2 Å². The monoisotopic (exact) mass is 463 g/mol. The van der Waals surface area contributed by atoms with Crippen molar-refractivity contribution in [3.63, 3.8) is 0 Å². The van der Waals surface area contributed by atoms with Crippen LogP contribution in [0.25, 0.3) is 16.7 Å². The summed E-state index contributed by atoms with van der Waals surface area (Å²) in [5.41, 5.74) is 1.85. The van der Waals surface area contributed by atoms with Crippen molar-refractivity contribution in [2.45, 2.75) is 44.8 Å². The molecule has 2 aromatic carbocycles. The number of benzene rings is 2. The quantitative estimate of drug-likeness (QED) is 0.296. The molecule has 33 heavy (non-hydrogen) atoms. The number of carbonyl (C=O) groups is 2. The fourth-order valence-corrected chi connectivity index (χ4v) is 4.38. The van der Waals surface area contributed by atoms with E-state index in [9.17, 15) is 14.4 Å². The van der Waals surface area contributed by atoms with Crippen molar-refractivity contribution in [3.8, 4) is 0 Å². The fraction of sp³-hybridized carbons (Fsp3) is 0.292. The Kier molecular flexibility index (Phi) is 6.88. The second-order valence-electron chi connectivity index (χ2n) is 7.64. The molecular weight excluding hydrogens is 438 g/mol. The lowest BCUT2D eigenvalue weighted by atomic mass is 10.1. The molecule has 0 radical (unpaired) electrons. The van der Waals surface area contributed by atoms with Crippen LogP contribution in [-0.4, -0.2) is 36.6 Å². The first-order valence-electron chi connectivity index (χ1n) is 11.0. The number of aryl methyl sites for hydroxylation is 1. The van der Waals surface area contributed by atoms with E-state index in [4.69, 9.17) is 0 Å². The Bertz CT molecular complexity index is 1370. The molecule has 0 saturated carbocycles. The summed E-state index contributed by atoms with van der Waals surface area (Å²) < 4.78 is 3.52. The van der Waals surface area contributed by atoms with Gasteiger partial charge in [0.1, 0.15) is 0 Å². The van der Waals surface area contributed by atoms with Crippen LogP contribution < -0.4 is 10.9 Å². The van der Waals surface area contributed by atoms with Crippen LogP contribution in [0.4, 0.5) is 5.69 Å². The highest BCUT2D eigenvalue weighted by Gasteiger charge is 2.18. The molecule has 0 fully saturated rings. The number of thioether (sulfide) groups is 1. The molecule has 9 heteroatoms. The first-order valence-corrected chi connectivity index (χ1v) is 11.9. The van der Waals surface area contributed by atoms with Crippen molar-refractivity contribution >= 4 is 45.8 Å². The van der Waals surface area contributed by atoms with E-state index in [2.05, 4.69) is 22.4 Å². The largest absolute Gasteiger partial charge is 0.326 e. The first-order chi connectivity index (χ1) is 16.0. The average Bonchev–Trinajstić information content (AvgIpc) is 3.27. The summed E-state index contributed by atoms with van der Waals surface area (Å²) in [6.07, 6.45) is 2.21. The van der Waals surface area contributed by atoms with Crippen molar-refractivity contribution < 1.29 is 9.59 Å². The van der Waals surface area contributed by atoms with Gasteiger partial charge in [-0.1, -0.05) is 44.2 Å². The average molecular weight is 464 g/mol. The van der Waals surface area contributed by atoms with Crippen LogP contribution in [0.2, 0.25) is 0 Å². The third-order valence-electron chi connectivity index (χ3n) is 5.36. The molecule has 2 aromatic heterocycles. The van der Waals surface area contributed by atoms with Gasteiger partial charge < -0.3 is 5.32 Å². The van der Waals surface area contributed by atoms with E-state index in [0.717, 1.165) is 18.4 Å². The summed E-state index contributed by atoms with van der Waals surface area (Å²) in [6.45, 7) is 4.42. The van der Waals surface area contributed by atoms with Gasteiger partial charge in [0.15, 0.2) is 10.9 Å². The number of rotatable bonds is 9. The van der Waals surface area contributed by atoms with E-state index in [-0.39, 0.29) is 23.0 Å². The second kappa shape index (κ2) is 9.99. The third-order valence-corrected chi connectivity index (χ3v) is 6.29. The van der Waals surface area contributed by atoms with Gasteiger partial charge in [-0.2, -0.15) is 0 Å². The summed E-state index contributed by atoms with van der Waals surface area (Å²) >= 11 is 1.29. The summed E-state index contributed by atoms with van der Waals surface area (Å²) in [5.74, 6) is 0.518. The smallest absolute Gasteiger partial charge is 0.262 e. The maximum Gasteiger partial charge on any atom is 0.262 e. The molecule has 2 heterocycles. The van der Waals surface area contributed by atoms with Crippen molar-refractivity contribution in [1.82, 2.24) is 19.2 Å². The normalized spacial score (nSPS) is 11.2. The van der Waals surface area contributed by atoms with Gasteiger partial charge in [0.05, 0.1) is 16.7 Å². The highest BCUT2D eigenvalue weighted by Crippen LogP contribution is 2.23. The Labute approximate surface area is 195 Å². The van der Waals surface area contributed by atoms with Crippen LogP contribution in [-0.2, 0) is 11.3 Å². The minimum atomic E-state index is -0.0816. The number of fused-ring (bicyclic) bond motifs is 3. The van der Waals surface area contributed by atoms with Crippen molar-refractivity contribution in [2.75, 3.05) is 11.1 Å². The zero-order chi connectivity index (χ0) is 23.4. The number of hydrogen-bond acceptors (Lipinski definition) is 6. The number of nitrogens with one attached hydrogen (secondary N) is 1. The number of ketones is 1. The van der Waals surface area contributed by atoms with E-state index in [1.165, 1.54) is 11.8 Å². The molecular formula is C24H25N5O3S. The lowest BCUT2D eigenvalue weighted by molar-refractivity contribution is -0.115. The Morgan fingerprint density at radius 1 is 1.03 bits per heavy atom. The lowest BCUT2D eigenvalue weighted by Crippen LogP contribution is -2.23. The van der Waals surface area contributed by atoms with E-state index in [0.29, 0.717) is 40.5 Å². The predicted molar refractivity (Wildman–Crippen MR) is 130 cm³/mol. The van der Waals surface area contributed by atoms with Crippen LogP contribution in [0.3, 0.4) is 0 Å². The summed E-state index contributed by atoms with van der Waals surface area (Å²) in [6, 6.07) is 14.2. The van der Waals surface area contributed by atoms with Gasteiger partial charge in [-0.3, -0.25) is 23.4 Å². The molecule has 0 bridgehead atoms. The van der Waals surface area contributed by atoms with Crippen LogP contribution in [0.15, 0.2) is 58.5 Å². The standard InChI is InChI=1S/C24H25N5O3S/c1-3-5-14-28-22(32)18-8-6-7-9-19(18)29-23(28)26-27-24(29)33-15-20(30)16-10-12-17(13-11-16)25-21(31)4-2/h6-13H,3-5,14-15H2,1-2H3,(H,25,31). The number of amides is 1. The first kappa shape index (κ1) is 22.7. The van der Waals surface area contributed by atoms with E-state index < -0.39 is 0 Å². The van der Waals surface area contributed by atoms with Gasteiger partial charge in [0.25, 0.3) is 5.56 Å². The maximum absolute atomic E-state index is 13.0. The van der Waals surface area contributed by atoms with Crippen LogP contribution in [0.5, 0.6) is 0 Å². The number of Topliss-reactive ketones (excluding diaryl/α,β-unsaturated/α-hetero) is 1. The zero-order valence-electron chi connectivity index (χ0n) is 18.6. The van der Waals surface area contributed by atoms with Crippen molar-refractivity contribution in [3.05, 3.63) is 64.4 Å².